The van der Waals surface area contributed by atoms with Crippen LogP contribution in [0.25, 0.3) is 21.7 Å². The highest BCUT2D eigenvalue weighted by atomic mass is 32.1. The quantitative estimate of drug-likeness (QED) is 0.703. The van der Waals surface area contributed by atoms with E-state index in [9.17, 15) is 5.11 Å². The maximum Gasteiger partial charge on any atom is 0.298 e. The first-order valence-electron chi connectivity index (χ1n) is 10.0. The van der Waals surface area contributed by atoms with Crippen molar-refractivity contribution < 1.29 is 9.52 Å². The van der Waals surface area contributed by atoms with Crippen molar-refractivity contribution in [3.8, 4) is 10.6 Å². The van der Waals surface area contributed by atoms with Crippen LogP contribution >= 0.6 is 11.3 Å². The van der Waals surface area contributed by atoms with Gasteiger partial charge in [0.2, 0.25) is 0 Å². The molecule has 4 aliphatic heterocycles. The van der Waals surface area contributed by atoms with E-state index >= 15 is 0 Å². The van der Waals surface area contributed by atoms with Gasteiger partial charge >= 0.3 is 0 Å². The van der Waals surface area contributed by atoms with Gasteiger partial charge in [-0.25, -0.2) is 4.98 Å². The van der Waals surface area contributed by atoms with Crippen LogP contribution in [0, 0.1) is 0 Å². The number of piperidine rings is 2. The number of aliphatic hydroxyl groups excluding tert-OH is 1. The van der Waals surface area contributed by atoms with Crippen molar-refractivity contribution in [2.24, 2.45) is 0 Å². The van der Waals surface area contributed by atoms with Crippen LogP contribution in [0.4, 0.5) is 11.7 Å². The largest absolute Gasteiger partial charge is 0.423 e. The number of nitrogens with one attached hydrogen (secondary N) is 1. The summed E-state index contributed by atoms with van der Waals surface area (Å²) in [6.45, 7) is 3.57. The summed E-state index contributed by atoms with van der Waals surface area (Å²) in [5, 5.41) is 16.4. The third kappa shape index (κ3) is 2.70. The molecule has 4 saturated heterocycles. The number of oxazole rings is 1. The Kier molecular flexibility index (Phi) is 3.85. The third-order valence-corrected chi connectivity index (χ3v) is 6.98. The molecule has 0 saturated carbocycles. The van der Waals surface area contributed by atoms with E-state index in [-0.39, 0.29) is 6.10 Å². The van der Waals surface area contributed by atoms with Crippen molar-refractivity contribution in [3.63, 3.8) is 0 Å². The molecule has 1 aromatic carbocycles. The molecule has 2 bridgehead atoms. The topological polar surface area (TPSA) is 77.7 Å². The SMILES string of the molecule is OC1CCN(c2ccc(-c3nccs3)c3oc(N4CC5CC(C4)N5)nc23)CC1. The average molecular weight is 398 g/mol. The van der Waals surface area contributed by atoms with E-state index in [4.69, 9.17) is 9.40 Å². The lowest BCUT2D eigenvalue weighted by Crippen LogP contribution is -2.67. The number of nitrogens with zero attached hydrogens (tertiary/aromatic N) is 4. The summed E-state index contributed by atoms with van der Waals surface area (Å²) in [6, 6.07) is 6.06. The molecule has 0 spiro atoms. The molecule has 8 heteroatoms. The number of aromatic nitrogens is 2. The third-order valence-electron chi connectivity index (χ3n) is 6.17. The lowest BCUT2D eigenvalue weighted by molar-refractivity contribution is 0.145. The van der Waals surface area contributed by atoms with Gasteiger partial charge in [-0.1, -0.05) is 0 Å². The second kappa shape index (κ2) is 6.43. The van der Waals surface area contributed by atoms with E-state index in [1.807, 2.05) is 11.6 Å². The van der Waals surface area contributed by atoms with Crippen LogP contribution in [0.3, 0.4) is 0 Å². The summed E-state index contributed by atoms with van der Waals surface area (Å²) < 4.78 is 6.36. The number of hydrogen-bond donors (Lipinski definition) is 2. The Morgan fingerprint density at radius 3 is 2.64 bits per heavy atom. The van der Waals surface area contributed by atoms with Crippen LogP contribution in [-0.2, 0) is 0 Å². The van der Waals surface area contributed by atoms with Crippen LogP contribution in [0.15, 0.2) is 28.1 Å². The molecule has 4 aliphatic rings. The minimum atomic E-state index is -0.193. The Bertz CT molecular complexity index is 980. The summed E-state index contributed by atoms with van der Waals surface area (Å²) >= 11 is 1.62. The molecule has 2 unspecified atom stereocenters. The second-order valence-corrected chi connectivity index (χ2v) is 8.96. The highest BCUT2D eigenvalue weighted by Gasteiger charge is 2.38. The zero-order chi connectivity index (χ0) is 18.7. The Morgan fingerprint density at radius 1 is 1.14 bits per heavy atom. The molecule has 7 nitrogen and oxygen atoms in total. The number of anilines is 2. The molecule has 0 amide bonds. The number of thiazole rings is 1. The summed E-state index contributed by atoms with van der Waals surface area (Å²) in [7, 11) is 0. The maximum atomic E-state index is 9.88. The standard InChI is InChI=1S/C20H23N5O2S/c26-14-3-6-24(7-4-14)16-2-1-15(19-21-5-8-28-19)18-17(16)23-20(27-18)25-10-12-9-13(11-25)22-12/h1-2,5,8,12-14,22,26H,3-4,6-7,9-11H2. The van der Waals surface area contributed by atoms with Crippen molar-refractivity contribution in [1.29, 1.82) is 0 Å². The van der Waals surface area contributed by atoms with Crippen molar-refractivity contribution in [2.75, 3.05) is 36.0 Å². The number of aliphatic hydroxyl groups is 1. The Hall–Kier alpha value is -2.16. The van der Waals surface area contributed by atoms with Gasteiger partial charge in [0.15, 0.2) is 5.58 Å². The zero-order valence-corrected chi connectivity index (χ0v) is 16.4. The predicted molar refractivity (Wildman–Crippen MR) is 110 cm³/mol. The summed E-state index contributed by atoms with van der Waals surface area (Å²) in [5.74, 6) is 0. The predicted octanol–water partition coefficient (Wildman–Crippen LogP) is 2.46. The van der Waals surface area contributed by atoms with Crippen LogP contribution < -0.4 is 15.1 Å². The Labute approximate surface area is 167 Å². The van der Waals surface area contributed by atoms with E-state index in [0.29, 0.717) is 18.1 Å². The lowest BCUT2D eigenvalue weighted by Gasteiger charge is -2.47. The molecule has 146 valence electrons. The second-order valence-electron chi connectivity index (χ2n) is 8.06. The van der Waals surface area contributed by atoms with Gasteiger partial charge in [-0.3, -0.25) is 0 Å². The number of fused-ring (bicyclic) bond motifs is 3. The van der Waals surface area contributed by atoms with E-state index < -0.39 is 0 Å². The first kappa shape index (κ1) is 16.8. The fourth-order valence-electron chi connectivity index (χ4n) is 4.67. The van der Waals surface area contributed by atoms with E-state index in [1.54, 1.807) is 11.3 Å². The number of hydrogen-bond acceptors (Lipinski definition) is 8. The maximum absolute atomic E-state index is 9.88. The van der Waals surface area contributed by atoms with Gasteiger partial charge in [-0.05, 0) is 31.4 Å². The van der Waals surface area contributed by atoms with Crippen molar-refractivity contribution in [1.82, 2.24) is 15.3 Å². The van der Waals surface area contributed by atoms with Crippen LogP contribution in [-0.4, -0.2) is 59.4 Å². The van der Waals surface area contributed by atoms with Crippen molar-refractivity contribution in [2.45, 2.75) is 37.5 Å². The molecule has 3 aromatic rings. The van der Waals surface area contributed by atoms with Gasteiger partial charge in [-0.2, -0.15) is 4.98 Å². The monoisotopic (exact) mass is 397 g/mol. The first-order valence-corrected chi connectivity index (χ1v) is 10.9. The number of piperazine rings is 1. The molecule has 4 fully saturated rings. The average Bonchev–Trinajstić information content (AvgIpc) is 3.38. The van der Waals surface area contributed by atoms with Gasteiger partial charge in [0.05, 0.1) is 17.4 Å². The highest BCUT2D eigenvalue weighted by Crippen LogP contribution is 2.39. The fraction of sp³-hybridized carbons (Fsp3) is 0.500. The molecule has 7 rings (SSSR count). The minimum Gasteiger partial charge on any atom is -0.423 e. The number of rotatable bonds is 3. The van der Waals surface area contributed by atoms with Gasteiger partial charge in [0, 0.05) is 49.8 Å². The van der Waals surface area contributed by atoms with Crippen molar-refractivity contribution >= 4 is 34.1 Å². The van der Waals surface area contributed by atoms with Crippen molar-refractivity contribution in [3.05, 3.63) is 23.7 Å². The van der Waals surface area contributed by atoms with Gasteiger partial charge in [-0.15, -0.1) is 11.3 Å². The van der Waals surface area contributed by atoms with E-state index in [2.05, 4.69) is 32.2 Å². The fourth-order valence-corrected chi connectivity index (χ4v) is 5.33. The molecular weight excluding hydrogens is 374 g/mol. The van der Waals surface area contributed by atoms with Gasteiger partial charge in [0.25, 0.3) is 6.01 Å². The molecule has 2 atom stereocenters. The molecule has 2 aromatic heterocycles. The molecule has 0 radical (unpaired) electrons. The lowest BCUT2D eigenvalue weighted by atomic mass is 9.92. The Balaban J connectivity index is 1.44. The molecular formula is C20H23N5O2S. The first-order chi connectivity index (χ1) is 13.7. The summed E-state index contributed by atoms with van der Waals surface area (Å²) in [5.41, 5.74) is 3.83. The minimum absolute atomic E-state index is 0.193. The van der Waals surface area contributed by atoms with E-state index in [1.165, 1.54) is 6.42 Å². The van der Waals surface area contributed by atoms with Gasteiger partial charge < -0.3 is 24.6 Å². The smallest absolute Gasteiger partial charge is 0.298 e. The molecule has 0 aliphatic carbocycles. The molecule has 28 heavy (non-hydrogen) atoms. The summed E-state index contributed by atoms with van der Waals surface area (Å²) in [4.78, 5) is 14.0. The normalized spacial score (nSPS) is 25.3. The van der Waals surface area contributed by atoms with Crippen LogP contribution in [0.5, 0.6) is 0 Å². The van der Waals surface area contributed by atoms with Gasteiger partial charge in [0.1, 0.15) is 10.5 Å². The Morgan fingerprint density at radius 2 is 1.93 bits per heavy atom. The molecule has 6 heterocycles. The number of benzene rings is 1. The highest BCUT2D eigenvalue weighted by molar-refractivity contribution is 7.13. The van der Waals surface area contributed by atoms with Crippen LogP contribution in [0.2, 0.25) is 0 Å². The zero-order valence-electron chi connectivity index (χ0n) is 15.5. The molecule has 2 N–H and O–H groups in total. The summed E-state index contributed by atoms with van der Waals surface area (Å²) in [6.07, 6.45) is 4.47. The van der Waals surface area contributed by atoms with Crippen LogP contribution in [0.1, 0.15) is 19.3 Å². The van der Waals surface area contributed by atoms with E-state index in [0.717, 1.165) is 66.4 Å².